The zero-order chi connectivity index (χ0) is 11.4. The molecule has 0 aliphatic carbocycles. The van der Waals surface area contributed by atoms with E-state index >= 15 is 0 Å². The molecule has 16 heavy (non-hydrogen) atoms. The van der Waals surface area contributed by atoms with Gasteiger partial charge in [0.1, 0.15) is 0 Å². The van der Waals surface area contributed by atoms with Crippen LogP contribution in [0, 0.1) is 0 Å². The summed E-state index contributed by atoms with van der Waals surface area (Å²) in [7, 11) is 3.81. The summed E-state index contributed by atoms with van der Waals surface area (Å²) in [5.41, 5.74) is 0. The van der Waals surface area contributed by atoms with Crippen molar-refractivity contribution in [1.82, 2.24) is 15.2 Å². The molecule has 5 nitrogen and oxygen atoms in total. The van der Waals surface area contributed by atoms with Crippen molar-refractivity contribution in [3.8, 4) is 0 Å². The normalized spacial score (nSPS) is 10.4. The topological polar surface area (TPSA) is 56.8 Å². The summed E-state index contributed by atoms with van der Waals surface area (Å²) in [6.07, 6.45) is 1.03. The smallest absolute Gasteiger partial charge is 0.246 e. The highest BCUT2D eigenvalue weighted by atomic mass is 32.1. The summed E-state index contributed by atoms with van der Waals surface area (Å²) in [4.78, 5) is 7.70. The first-order valence-corrected chi connectivity index (χ1v) is 6.01. The monoisotopic (exact) mass is 237 g/mol. The molecular formula is C10H15N5S. The van der Waals surface area contributed by atoms with Gasteiger partial charge in [-0.2, -0.15) is 4.98 Å². The Hall–Kier alpha value is -1.56. The second kappa shape index (κ2) is 4.98. The Bertz CT molecular complexity index is 422. The van der Waals surface area contributed by atoms with Crippen molar-refractivity contribution < 1.29 is 0 Å². The summed E-state index contributed by atoms with van der Waals surface area (Å²) in [5, 5.41) is 12.0. The minimum atomic E-state index is 0.693. The molecule has 2 heterocycles. The third kappa shape index (κ3) is 2.52. The molecule has 0 aliphatic rings. The average Bonchev–Trinajstić information content (AvgIpc) is 2.96. The molecular weight excluding hydrogens is 222 g/mol. The molecule has 0 radical (unpaired) electrons. The minimum Gasteiger partial charge on any atom is -0.358 e. The van der Waals surface area contributed by atoms with Crippen molar-refractivity contribution in [3.05, 3.63) is 22.4 Å². The van der Waals surface area contributed by atoms with Gasteiger partial charge in [-0.3, -0.25) is 0 Å². The summed E-state index contributed by atoms with van der Waals surface area (Å²) in [5.74, 6) is 1.42. The maximum atomic E-state index is 4.28. The standard InChI is InChI=1S/C10H15N5S/c1-11-9-12-10(14-13-9)15(2)6-5-8-4-3-7-16-8/h3-4,7H,5-6H2,1-2H3,(H2,11,12,13,14). The molecule has 86 valence electrons. The zero-order valence-electron chi connectivity index (χ0n) is 9.40. The molecule has 0 atom stereocenters. The van der Waals surface area contributed by atoms with Crippen molar-refractivity contribution in [3.63, 3.8) is 0 Å². The molecule has 0 saturated carbocycles. The van der Waals surface area contributed by atoms with Crippen molar-refractivity contribution in [2.24, 2.45) is 0 Å². The Morgan fingerprint density at radius 2 is 2.44 bits per heavy atom. The Kier molecular flexibility index (Phi) is 3.40. The molecule has 0 aromatic carbocycles. The third-order valence-corrected chi connectivity index (χ3v) is 3.26. The molecule has 2 aromatic rings. The number of hydrogen-bond donors (Lipinski definition) is 2. The van der Waals surface area contributed by atoms with E-state index < -0.39 is 0 Å². The number of likely N-dealkylation sites (N-methyl/N-ethyl adjacent to an activating group) is 1. The summed E-state index contributed by atoms with van der Waals surface area (Å²) in [6, 6.07) is 4.22. The van der Waals surface area contributed by atoms with Crippen LogP contribution in [0.1, 0.15) is 4.88 Å². The molecule has 2 rings (SSSR count). The fourth-order valence-electron chi connectivity index (χ4n) is 1.37. The Labute approximate surface area is 98.5 Å². The molecule has 0 fully saturated rings. The van der Waals surface area contributed by atoms with E-state index in [4.69, 9.17) is 0 Å². The van der Waals surface area contributed by atoms with Gasteiger partial charge in [0.25, 0.3) is 0 Å². The summed E-state index contributed by atoms with van der Waals surface area (Å²) >= 11 is 1.78. The average molecular weight is 237 g/mol. The maximum Gasteiger partial charge on any atom is 0.246 e. The van der Waals surface area contributed by atoms with Crippen LogP contribution in [0.25, 0.3) is 0 Å². The highest BCUT2D eigenvalue weighted by Gasteiger charge is 2.07. The van der Waals surface area contributed by atoms with E-state index in [1.165, 1.54) is 4.88 Å². The van der Waals surface area contributed by atoms with Crippen molar-refractivity contribution in [2.75, 3.05) is 30.9 Å². The van der Waals surface area contributed by atoms with Crippen LogP contribution in [0.15, 0.2) is 17.5 Å². The minimum absolute atomic E-state index is 0.693. The highest BCUT2D eigenvalue weighted by Crippen LogP contribution is 2.12. The number of thiophene rings is 1. The van der Waals surface area contributed by atoms with E-state index in [0.29, 0.717) is 5.95 Å². The lowest BCUT2D eigenvalue weighted by atomic mass is 10.3. The van der Waals surface area contributed by atoms with Gasteiger partial charge in [-0.25, -0.2) is 5.10 Å². The number of rotatable bonds is 5. The Morgan fingerprint density at radius 3 is 3.06 bits per heavy atom. The first-order valence-electron chi connectivity index (χ1n) is 5.13. The second-order valence-electron chi connectivity index (χ2n) is 3.48. The molecule has 0 saturated heterocycles. The third-order valence-electron chi connectivity index (χ3n) is 2.33. The van der Waals surface area contributed by atoms with Gasteiger partial charge in [0.2, 0.25) is 11.9 Å². The number of anilines is 2. The van der Waals surface area contributed by atoms with Gasteiger partial charge < -0.3 is 10.2 Å². The SMILES string of the molecule is CNc1nc(N(C)CCc2cccs2)n[nH]1. The van der Waals surface area contributed by atoms with Crippen molar-refractivity contribution in [1.29, 1.82) is 0 Å². The van der Waals surface area contributed by atoms with Crippen LogP contribution in [-0.2, 0) is 6.42 Å². The first-order chi connectivity index (χ1) is 7.79. The van der Waals surface area contributed by atoms with Crippen molar-refractivity contribution >= 4 is 23.2 Å². The lowest BCUT2D eigenvalue weighted by Crippen LogP contribution is -2.21. The van der Waals surface area contributed by atoms with Gasteiger partial charge in [-0.1, -0.05) is 6.07 Å². The van der Waals surface area contributed by atoms with Gasteiger partial charge in [0, 0.05) is 25.5 Å². The fourth-order valence-corrected chi connectivity index (χ4v) is 2.07. The Morgan fingerprint density at radius 1 is 1.56 bits per heavy atom. The van der Waals surface area contributed by atoms with Gasteiger partial charge in [-0.05, 0) is 17.9 Å². The largest absolute Gasteiger partial charge is 0.358 e. The number of aromatic nitrogens is 3. The second-order valence-corrected chi connectivity index (χ2v) is 4.52. The van der Waals surface area contributed by atoms with E-state index in [9.17, 15) is 0 Å². The van der Waals surface area contributed by atoms with Crippen LogP contribution < -0.4 is 10.2 Å². The van der Waals surface area contributed by atoms with E-state index in [2.05, 4.69) is 38.0 Å². The predicted molar refractivity (Wildman–Crippen MR) is 67.2 cm³/mol. The van der Waals surface area contributed by atoms with Gasteiger partial charge in [0.15, 0.2) is 0 Å². The fraction of sp³-hybridized carbons (Fsp3) is 0.400. The molecule has 0 unspecified atom stereocenters. The molecule has 0 spiro atoms. The van der Waals surface area contributed by atoms with Gasteiger partial charge >= 0.3 is 0 Å². The molecule has 0 bridgehead atoms. The number of nitrogens with zero attached hydrogens (tertiary/aromatic N) is 3. The molecule has 2 aromatic heterocycles. The highest BCUT2D eigenvalue weighted by molar-refractivity contribution is 7.09. The number of nitrogens with one attached hydrogen (secondary N) is 2. The lowest BCUT2D eigenvalue weighted by molar-refractivity contribution is 0.848. The van der Waals surface area contributed by atoms with Crippen LogP contribution in [0.2, 0.25) is 0 Å². The molecule has 0 aliphatic heterocycles. The summed E-state index contributed by atoms with van der Waals surface area (Å²) in [6.45, 7) is 0.918. The first kappa shape index (κ1) is 10.9. The lowest BCUT2D eigenvalue weighted by Gasteiger charge is -2.13. The number of hydrogen-bond acceptors (Lipinski definition) is 5. The summed E-state index contributed by atoms with van der Waals surface area (Å²) < 4.78 is 0. The predicted octanol–water partition coefficient (Wildman–Crippen LogP) is 1.59. The van der Waals surface area contributed by atoms with E-state index in [0.717, 1.165) is 18.9 Å². The number of aromatic amines is 1. The van der Waals surface area contributed by atoms with E-state index in [-0.39, 0.29) is 0 Å². The van der Waals surface area contributed by atoms with Gasteiger partial charge in [-0.15, -0.1) is 16.4 Å². The molecule has 6 heteroatoms. The van der Waals surface area contributed by atoms with Crippen LogP contribution in [0.3, 0.4) is 0 Å². The molecule has 0 amide bonds. The van der Waals surface area contributed by atoms with Crippen LogP contribution >= 0.6 is 11.3 Å². The van der Waals surface area contributed by atoms with Crippen LogP contribution in [-0.4, -0.2) is 35.8 Å². The van der Waals surface area contributed by atoms with Crippen LogP contribution in [0.4, 0.5) is 11.9 Å². The Balaban J connectivity index is 1.90. The van der Waals surface area contributed by atoms with Crippen LogP contribution in [0.5, 0.6) is 0 Å². The zero-order valence-corrected chi connectivity index (χ0v) is 10.2. The number of H-pyrrole nitrogens is 1. The van der Waals surface area contributed by atoms with Gasteiger partial charge in [0.05, 0.1) is 0 Å². The molecule has 2 N–H and O–H groups in total. The van der Waals surface area contributed by atoms with E-state index in [1.807, 2.05) is 19.0 Å². The maximum absolute atomic E-state index is 4.28. The van der Waals surface area contributed by atoms with E-state index in [1.54, 1.807) is 11.3 Å². The van der Waals surface area contributed by atoms with Crippen molar-refractivity contribution in [2.45, 2.75) is 6.42 Å². The quantitative estimate of drug-likeness (QED) is 0.829.